The third kappa shape index (κ3) is 6.50. The largest absolute Gasteiger partial charge is 0.354 e. The second-order valence-electron chi connectivity index (χ2n) is 5.47. The number of amides is 1. The van der Waals surface area contributed by atoms with E-state index in [0.717, 1.165) is 12.8 Å². The third-order valence-corrected chi connectivity index (χ3v) is 2.76. The number of nitrogens with two attached hydrogens (primary N) is 1. The standard InChI is InChI=1S/C12H26N2O/c1-6-12(4,5)8-14-11(15)10(13)7-9(2)3/h9-10H,6-8,13H2,1-5H3,(H,14,15)/t10-/m0/s1. The van der Waals surface area contributed by atoms with Crippen LogP contribution in [0.25, 0.3) is 0 Å². The minimum absolute atomic E-state index is 0.0229. The lowest BCUT2D eigenvalue weighted by Crippen LogP contribution is -2.44. The highest BCUT2D eigenvalue weighted by atomic mass is 16.2. The molecule has 0 heterocycles. The van der Waals surface area contributed by atoms with Crippen LogP contribution in [0.2, 0.25) is 0 Å². The molecule has 0 aromatic heterocycles. The zero-order valence-corrected chi connectivity index (χ0v) is 10.8. The van der Waals surface area contributed by atoms with Gasteiger partial charge in [0.1, 0.15) is 0 Å². The predicted molar refractivity (Wildman–Crippen MR) is 64.5 cm³/mol. The van der Waals surface area contributed by atoms with E-state index in [9.17, 15) is 4.79 Å². The normalized spacial score (nSPS) is 14.1. The Labute approximate surface area is 93.8 Å². The average molecular weight is 214 g/mol. The van der Waals surface area contributed by atoms with Gasteiger partial charge in [0.15, 0.2) is 0 Å². The average Bonchev–Trinajstić information content (AvgIpc) is 2.13. The topological polar surface area (TPSA) is 55.1 Å². The maximum Gasteiger partial charge on any atom is 0.236 e. The maximum absolute atomic E-state index is 11.6. The number of carbonyl (C=O) groups is 1. The molecule has 0 aromatic carbocycles. The first kappa shape index (κ1) is 14.4. The molecule has 0 spiro atoms. The molecule has 0 rings (SSSR count). The molecule has 0 aliphatic carbocycles. The highest BCUT2D eigenvalue weighted by Gasteiger charge is 2.19. The molecule has 90 valence electrons. The van der Waals surface area contributed by atoms with Gasteiger partial charge < -0.3 is 11.1 Å². The van der Waals surface area contributed by atoms with Crippen LogP contribution in [0.1, 0.15) is 47.5 Å². The summed E-state index contributed by atoms with van der Waals surface area (Å²) in [4.78, 5) is 11.6. The number of nitrogens with one attached hydrogen (secondary N) is 1. The van der Waals surface area contributed by atoms with Gasteiger partial charge in [-0.05, 0) is 24.2 Å². The van der Waals surface area contributed by atoms with E-state index in [2.05, 4.69) is 39.9 Å². The molecule has 0 saturated carbocycles. The monoisotopic (exact) mass is 214 g/mol. The minimum atomic E-state index is -0.363. The van der Waals surface area contributed by atoms with Crippen LogP contribution in [0.3, 0.4) is 0 Å². The highest BCUT2D eigenvalue weighted by molar-refractivity contribution is 5.81. The molecule has 3 N–H and O–H groups in total. The molecule has 0 bridgehead atoms. The van der Waals surface area contributed by atoms with Gasteiger partial charge in [-0.15, -0.1) is 0 Å². The fraction of sp³-hybridized carbons (Fsp3) is 0.917. The zero-order chi connectivity index (χ0) is 12.1. The van der Waals surface area contributed by atoms with E-state index >= 15 is 0 Å². The van der Waals surface area contributed by atoms with E-state index in [-0.39, 0.29) is 17.4 Å². The van der Waals surface area contributed by atoms with Crippen molar-refractivity contribution in [2.75, 3.05) is 6.54 Å². The Kier molecular flexibility index (Phi) is 5.88. The van der Waals surface area contributed by atoms with Gasteiger partial charge in [0, 0.05) is 6.54 Å². The summed E-state index contributed by atoms with van der Waals surface area (Å²) >= 11 is 0. The van der Waals surface area contributed by atoms with E-state index in [0.29, 0.717) is 12.5 Å². The molecule has 0 fully saturated rings. The summed E-state index contributed by atoms with van der Waals surface area (Å²) in [5, 5.41) is 2.92. The third-order valence-electron chi connectivity index (χ3n) is 2.76. The smallest absolute Gasteiger partial charge is 0.236 e. The molecule has 1 amide bonds. The van der Waals surface area contributed by atoms with Crippen molar-refractivity contribution in [3.8, 4) is 0 Å². The Morgan fingerprint density at radius 3 is 2.33 bits per heavy atom. The van der Waals surface area contributed by atoms with Gasteiger partial charge in [-0.1, -0.05) is 34.6 Å². The van der Waals surface area contributed by atoms with E-state index < -0.39 is 0 Å². The van der Waals surface area contributed by atoms with Gasteiger partial charge in [0.25, 0.3) is 0 Å². The lowest BCUT2D eigenvalue weighted by molar-refractivity contribution is -0.123. The van der Waals surface area contributed by atoms with E-state index in [1.807, 2.05) is 0 Å². The van der Waals surface area contributed by atoms with Crippen molar-refractivity contribution in [3.05, 3.63) is 0 Å². The fourth-order valence-electron chi connectivity index (χ4n) is 1.20. The quantitative estimate of drug-likeness (QED) is 0.709. The summed E-state index contributed by atoms with van der Waals surface area (Å²) in [6.45, 7) is 11.3. The van der Waals surface area contributed by atoms with Crippen molar-refractivity contribution in [2.24, 2.45) is 17.1 Å². The first-order valence-corrected chi connectivity index (χ1v) is 5.82. The van der Waals surface area contributed by atoms with Crippen LogP contribution in [0.4, 0.5) is 0 Å². The van der Waals surface area contributed by atoms with Gasteiger partial charge in [-0.25, -0.2) is 0 Å². The van der Waals surface area contributed by atoms with Crippen molar-refractivity contribution in [1.29, 1.82) is 0 Å². The second-order valence-corrected chi connectivity index (χ2v) is 5.47. The fourth-order valence-corrected chi connectivity index (χ4v) is 1.20. The van der Waals surface area contributed by atoms with Crippen molar-refractivity contribution in [1.82, 2.24) is 5.32 Å². The Morgan fingerprint density at radius 2 is 1.93 bits per heavy atom. The Bertz CT molecular complexity index is 200. The van der Waals surface area contributed by atoms with E-state index in [1.54, 1.807) is 0 Å². The molecule has 0 unspecified atom stereocenters. The lowest BCUT2D eigenvalue weighted by Gasteiger charge is -2.24. The van der Waals surface area contributed by atoms with Gasteiger partial charge in [0.2, 0.25) is 5.91 Å². The molecule has 0 saturated heterocycles. The molecule has 0 radical (unpaired) electrons. The van der Waals surface area contributed by atoms with Crippen molar-refractivity contribution in [3.63, 3.8) is 0 Å². The van der Waals surface area contributed by atoms with E-state index in [4.69, 9.17) is 5.73 Å². The highest BCUT2D eigenvalue weighted by Crippen LogP contribution is 2.17. The van der Waals surface area contributed by atoms with Crippen LogP contribution in [0, 0.1) is 11.3 Å². The first-order chi connectivity index (χ1) is 6.78. The number of rotatable bonds is 6. The SMILES string of the molecule is CCC(C)(C)CNC(=O)[C@@H](N)CC(C)C. The Balaban J connectivity index is 3.93. The summed E-state index contributed by atoms with van der Waals surface area (Å²) in [7, 11) is 0. The van der Waals surface area contributed by atoms with Crippen molar-refractivity contribution in [2.45, 2.75) is 53.5 Å². The van der Waals surface area contributed by atoms with Crippen LogP contribution in [0.5, 0.6) is 0 Å². The Morgan fingerprint density at radius 1 is 1.40 bits per heavy atom. The number of hydrogen-bond donors (Lipinski definition) is 2. The molecule has 15 heavy (non-hydrogen) atoms. The molecule has 0 aromatic rings. The lowest BCUT2D eigenvalue weighted by atomic mass is 9.90. The second kappa shape index (κ2) is 6.11. The summed E-state index contributed by atoms with van der Waals surface area (Å²) in [5.74, 6) is 0.440. The molecule has 1 atom stereocenters. The predicted octanol–water partition coefficient (Wildman–Crippen LogP) is 1.91. The van der Waals surface area contributed by atoms with Gasteiger partial charge >= 0.3 is 0 Å². The van der Waals surface area contributed by atoms with E-state index in [1.165, 1.54) is 0 Å². The van der Waals surface area contributed by atoms with Crippen LogP contribution in [0.15, 0.2) is 0 Å². The van der Waals surface area contributed by atoms with Crippen LogP contribution >= 0.6 is 0 Å². The van der Waals surface area contributed by atoms with Gasteiger partial charge in [0.05, 0.1) is 6.04 Å². The van der Waals surface area contributed by atoms with Crippen LogP contribution in [-0.2, 0) is 4.79 Å². The van der Waals surface area contributed by atoms with Gasteiger partial charge in [-0.3, -0.25) is 4.79 Å². The number of carbonyl (C=O) groups excluding carboxylic acids is 1. The molecular weight excluding hydrogens is 188 g/mol. The van der Waals surface area contributed by atoms with Crippen molar-refractivity contribution < 1.29 is 4.79 Å². The zero-order valence-electron chi connectivity index (χ0n) is 10.8. The summed E-state index contributed by atoms with van der Waals surface area (Å²) in [6.07, 6.45) is 1.80. The molecular formula is C12H26N2O. The molecule has 3 nitrogen and oxygen atoms in total. The molecule has 0 aliphatic heterocycles. The maximum atomic E-state index is 11.6. The van der Waals surface area contributed by atoms with Gasteiger partial charge in [-0.2, -0.15) is 0 Å². The summed E-state index contributed by atoms with van der Waals surface area (Å²) in [6, 6.07) is -0.363. The number of hydrogen-bond acceptors (Lipinski definition) is 2. The molecule has 0 aliphatic rings. The van der Waals surface area contributed by atoms with Crippen LogP contribution in [-0.4, -0.2) is 18.5 Å². The summed E-state index contributed by atoms with van der Waals surface area (Å²) < 4.78 is 0. The minimum Gasteiger partial charge on any atom is -0.354 e. The van der Waals surface area contributed by atoms with Crippen LogP contribution < -0.4 is 11.1 Å². The molecule has 3 heteroatoms. The Hall–Kier alpha value is -0.570. The first-order valence-electron chi connectivity index (χ1n) is 5.82. The summed E-state index contributed by atoms with van der Waals surface area (Å²) in [5.41, 5.74) is 5.94. The van der Waals surface area contributed by atoms with Crippen molar-refractivity contribution >= 4 is 5.91 Å².